The maximum atomic E-state index is 5.57. The van der Waals surface area contributed by atoms with Crippen LogP contribution in [0.2, 0.25) is 0 Å². The molecule has 0 saturated carbocycles. The van der Waals surface area contributed by atoms with Crippen LogP contribution in [0.1, 0.15) is 36.0 Å². The Kier molecular flexibility index (Phi) is 4.07. The van der Waals surface area contributed by atoms with E-state index < -0.39 is 0 Å². The maximum Gasteiger partial charge on any atom is 0.130 e. The van der Waals surface area contributed by atoms with Crippen molar-refractivity contribution in [2.75, 3.05) is 26.7 Å². The molecule has 0 aromatic carbocycles. The molecule has 17 heavy (non-hydrogen) atoms. The van der Waals surface area contributed by atoms with E-state index in [2.05, 4.69) is 28.0 Å². The predicted octanol–water partition coefficient (Wildman–Crippen LogP) is 1.10. The van der Waals surface area contributed by atoms with E-state index in [1.807, 2.05) is 6.92 Å². The van der Waals surface area contributed by atoms with E-state index in [4.69, 9.17) is 5.73 Å². The van der Waals surface area contributed by atoms with Gasteiger partial charge in [-0.1, -0.05) is 0 Å². The fraction of sp³-hybridized carbons (Fsp3) is 0.692. The highest BCUT2D eigenvalue weighted by atomic mass is 15.1. The predicted molar refractivity (Wildman–Crippen MR) is 69.0 cm³/mol. The average molecular weight is 234 g/mol. The van der Waals surface area contributed by atoms with Crippen LogP contribution in [-0.2, 0) is 6.42 Å². The molecule has 0 aliphatic carbocycles. The second-order valence-electron chi connectivity index (χ2n) is 4.97. The van der Waals surface area contributed by atoms with Gasteiger partial charge < -0.3 is 10.6 Å². The first kappa shape index (κ1) is 12.5. The number of hydrogen-bond donors (Lipinski definition) is 1. The molecule has 0 atom stereocenters. The summed E-state index contributed by atoms with van der Waals surface area (Å²) in [6, 6.07) is 2.13. The summed E-state index contributed by atoms with van der Waals surface area (Å²) in [7, 11) is 2.18. The van der Waals surface area contributed by atoms with Crippen molar-refractivity contribution in [3.8, 4) is 0 Å². The Morgan fingerprint density at radius 3 is 2.71 bits per heavy atom. The van der Waals surface area contributed by atoms with Crippen molar-refractivity contribution in [2.45, 2.75) is 32.1 Å². The lowest BCUT2D eigenvalue weighted by Gasteiger charge is -2.28. The normalized spacial score (nSPS) is 18.5. The van der Waals surface area contributed by atoms with E-state index in [-0.39, 0.29) is 0 Å². The average Bonchev–Trinajstić information content (AvgIpc) is 2.29. The topological polar surface area (TPSA) is 55.0 Å². The molecule has 1 aliphatic rings. The molecule has 1 aromatic rings. The maximum absolute atomic E-state index is 5.57. The summed E-state index contributed by atoms with van der Waals surface area (Å²) < 4.78 is 0. The van der Waals surface area contributed by atoms with E-state index in [0.717, 1.165) is 17.9 Å². The van der Waals surface area contributed by atoms with Crippen molar-refractivity contribution in [3.05, 3.63) is 23.3 Å². The van der Waals surface area contributed by atoms with Gasteiger partial charge in [-0.25, -0.2) is 9.97 Å². The van der Waals surface area contributed by atoms with Gasteiger partial charge in [0.15, 0.2) is 0 Å². The fourth-order valence-electron chi connectivity index (χ4n) is 2.41. The highest BCUT2D eigenvalue weighted by Crippen LogP contribution is 2.26. The minimum Gasteiger partial charge on any atom is -0.330 e. The Balaban J connectivity index is 2.14. The molecule has 1 saturated heterocycles. The molecule has 1 aliphatic heterocycles. The van der Waals surface area contributed by atoms with E-state index in [1.54, 1.807) is 0 Å². The lowest BCUT2D eigenvalue weighted by atomic mass is 9.93. The van der Waals surface area contributed by atoms with Gasteiger partial charge >= 0.3 is 0 Å². The molecule has 0 amide bonds. The largest absolute Gasteiger partial charge is 0.330 e. The minimum atomic E-state index is 0.601. The number of rotatable bonds is 3. The van der Waals surface area contributed by atoms with E-state index in [9.17, 15) is 0 Å². The first-order valence-electron chi connectivity index (χ1n) is 6.42. The summed E-state index contributed by atoms with van der Waals surface area (Å²) in [4.78, 5) is 11.5. The number of hydrogen-bond acceptors (Lipinski definition) is 4. The zero-order valence-corrected chi connectivity index (χ0v) is 10.8. The van der Waals surface area contributed by atoms with Crippen LogP contribution in [0.3, 0.4) is 0 Å². The minimum absolute atomic E-state index is 0.601. The first-order valence-corrected chi connectivity index (χ1v) is 6.42. The summed E-state index contributed by atoms with van der Waals surface area (Å²) in [5.41, 5.74) is 7.85. The zero-order chi connectivity index (χ0) is 12.3. The summed E-state index contributed by atoms with van der Waals surface area (Å²) in [5.74, 6) is 1.51. The molecule has 2 rings (SSSR count). The molecular weight excluding hydrogens is 212 g/mol. The van der Waals surface area contributed by atoms with Gasteiger partial charge in [0.2, 0.25) is 0 Å². The van der Waals surface area contributed by atoms with Gasteiger partial charge in [0, 0.05) is 23.7 Å². The lowest BCUT2D eigenvalue weighted by molar-refractivity contribution is 0.253. The summed E-state index contributed by atoms with van der Waals surface area (Å²) >= 11 is 0. The van der Waals surface area contributed by atoms with Gasteiger partial charge in [-0.15, -0.1) is 0 Å². The zero-order valence-electron chi connectivity index (χ0n) is 10.8. The summed E-state index contributed by atoms with van der Waals surface area (Å²) in [5, 5.41) is 0. The van der Waals surface area contributed by atoms with Crippen molar-refractivity contribution >= 4 is 0 Å². The molecule has 1 fully saturated rings. The molecule has 2 N–H and O–H groups in total. The van der Waals surface area contributed by atoms with Crippen molar-refractivity contribution in [2.24, 2.45) is 5.73 Å². The quantitative estimate of drug-likeness (QED) is 0.851. The standard InChI is InChI=1S/C13H22N4/c1-10-9-12(16-13(15-10)3-6-14)11-4-7-17(2)8-5-11/h9,11H,3-8,14H2,1-2H3. The number of likely N-dealkylation sites (tertiary alicyclic amines) is 1. The SMILES string of the molecule is Cc1cc(C2CCN(C)CC2)nc(CCN)n1. The molecule has 94 valence electrons. The fourth-order valence-corrected chi connectivity index (χ4v) is 2.41. The second-order valence-corrected chi connectivity index (χ2v) is 4.97. The molecule has 0 unspecified atom stereocenters. The van der Waals surface area contributed by atoms with E-state index in [1.165, 1.54) is 31.6 Å². The Morgan fingerprint density at radius 1 is 1.35 bits per heavy atom. The molecule has 0 radical (unpaired) electrons. The van der Waals surface area contributed by atoms with Crippen LogP contribution >= 0.6 is 0 Å². The summed E-state index contributed by atoms with van der Waals surface area (Å²) in [6.45, 7) is 5.00. The molecule has 0 spiro atoms. The van der Waals surface area contributed by atoms with Crippen molar-refractivity contribution in [3.63, 3.8) is 0 Å². The monoisotopic (exact) mass is 234 g/mol. The third-order valence-corrected chi connectivity index (χ3v) is 3.43. The van der Waals surface area contributed by atoms with Gasteiger partial charge in [-0.2, -0.15) is 0 Å². The highest BCUT2D eigenvalue weighted by molar-refractivity contribution is 5.15. The van der Waals surface area contributed by atoms with Gasteiger partial charge in [-0.3, -0.25) is 0 Å². The third kappa shape index (κ3) is 3.23. The van der Waals surface area contributed by atoms with E-state index in [0.29, 0.717) is 12.5 Å². The van der Waals surface area contributed by atoms with Crippen LogP contribution in [0.15, 0.2) is 6.07 Å². The van der Waals surface area contributed by atoms with Crippen LogP contribution in [0.5, 0.6) is 0 Å². The number of nitrogens with two attached hydrogens (primary N) is 1. The number of piperidine rings is 1. The number of aryl methyl sites for hydroxylation is 1. The molecular formula is C13H22N4. The Morgan fingerprint density at radius 2 is 2.06 bits per heavy atom. The highest BCUT2D eigenvalue weighted by Gasteiger charge is 2.20. The lowest BCUT2D eigenvalue weighted by Crippen LogP contribution is -2.29. The van der Waals surface area contributed by atoms with Crippen molar-refractivity contribution < 1.29 is 0 Å². The molecule has 1 aromatic heterocycles. The van der Waals surface area contributed by atoms with Gasteiger partial charge in [0.1, 0.15) is 5.82 Å². The van der Waals surface area contributed by atoms with Crippen LogP contribution in [0, 0.1) is 6.92 Å². The van der Waals surface area contributed by atoms with Gasteiger partial charge in [0.05, 0.1) is 0 Å². The Hall–Kier alpha value is -1.00. The van der Waals surface area contributed by atoms with Gasteiger partial charge in [0.25, 0.3) is 0 Å². The third-order valence-electron chi connectivity index (χ3n) is 3.43. The van der Waals surface area contributed by atoms with Gasteiger partial charge in [-0.05, 0) is 52.5 Å². The first-order chi connectivity index (χ1) is 8.19. The number of nitrogens with zero attached hydrogens (tertiary/aromatic N) is 3. The molecule has 2 heterocycles. The number of aromatic nitrogens is 2. The van der Waals surface area contributed by atoms with Crippen molar-refractivity contribution in [1.82, 2.24) is 14.9 Å². The Bertz CT molecular complexity index is 370. The molecule has 0 bridgehead atoms. The van der Waals surface area contributed by atoms with Crippen LogP contribution in [-0.4, -0.2) is 41.5 Å². The molecule has 4 heteroatoms. The second kappa shape index (κ2) is 5.56. The Labute approximate surface area is 103 Å². The summed E-state index contributed by atoms with van der Waals surface area (Å²) in [6.07, 6.45) is 3.19. The van der Waals surface area contributed by atoms with Crippen LogP contribution in [0.4, 0.5) is 0 Å². The molecule has 4 nitrogen and oxygen atoms in total. The smallest absolute Gasteiger partial charge is 0.130 e. The van der Waals surface area contributed by atoms with Crippen molar-refractivity contribution in [1.29, 1.82) is 0 Å². The van der Waals surface area contributed by atoms with E-state index >= 15 is 0 Å². The van der Waals surface area contributed by atoms with Crippen LogP contribution in [0.25, 0.3) is 0 Å². The van der Waals surface area contributed by atoms with Crippen LogP contribution < -0.4 is 5.73 Å².